The van der Waals surface area contributed by atoms with Gasteiger partial charge in [0.15, 0.2) is 11.8 Å². The molecular formula is C8H12O8. The van der Waals surface area contributed by atoms with E-state index in [1.165, 1.54) is 0 Å². The summed E-state index contributed by atoms with van der Waals surface area (Å²) < 4.78 is 0. The lowest BCUT2D eigenvalue weighted by Gasteiger charge is -1.94. The first kappa shape index (κ1) is 16.3. The highest BCUT2D eigenvalue weighted by molar-refractivity contribution is 5.92. The molecule has 8 heteroatoms. The second-order valence-corrected chi connectivity index (χ2v) is 2.80. The average Bonchev–Trinajstić information content (AvgIpc) is 2.15. The van der Waals surface area contributed by atoms with Crippen LogP contribution in [-0.4, -0.2) is 44.3 Å². The van der Waals surface area contributed by atoms with Crippen molar-refractivity contribution in [2.75, 3.05) is 0 Å². The molecule has 0 saturated heterocycles. The summed E-state index contributed by atoms with van der Waals surface area (Å²) in [6.45, 7) is 2.23. The Morgan fingerprint density at radius 2 is 0.750 bits per heavy atom. The van der Waals surface area contributed by atoms with Gasteiger partial charge in [-0.3, -0.25) is 19.2 Å². The third-order valence-electron chi connectivity index (χ3n) is 1.48. The summed E-state index contributed by atoms with van der Waals surface area (Å²) in [5.41, 5.74) is 0. The second-order valence-electron chi connectivity index (χ2n) is 2.80. The molecule has 0 heterocycles. The van der Waals surface area contributed by atoms with Gasteiger partial charge in [0.2, 0.25) is 0 Å². The minimum Gasteiger partial charge on any atom is -0.481 e. The summed E-state index contributed by atoms with van der Waals surface area (Å²) in [6, 6.07) is 0. The lowest BCUT2D eigenvalue weighted by atomic mass is 10.2. The fourth-order valence-electron chi connectivity index (χ4n) is 0.211. The minimum atomic E-state index is -1.31. The highest BCUT2D eigenvalue weighted by atomic mass is 16.4. The van der Waals surface area contributed by atoms with Crippen molar-refractivity contribution in [2.24, 2.45) is 11.8 Å². The van der Waals surface area contributed by atoms with Crippen molar-refractivity contribution < 1.29 is 39.6 Å². The van der Waals surface area contributed by atoms with Crippen LogP contribution >= 0.6 is 0 Å². The first-order chi connectivity index (χ1) is 7.11. The van der Waals surface area contributed by atoms with E-state index in [0.717, 1.165) is 13.8 Å². The molecular weight excluding hydrogens is 224 g/mol. The highest BCUT2D eigenvalue weighted by Gasteiger charge is 2.18. The third-order valence-corrected chi connectivity index (χ3v) is 1.48. The van der Waals surface area contributed by atoms with Crippen LogP contribution in [0.1, 0.15) is 13.8 Å². The molecule has 0 aliphatic rings. The molecule has 16 heavy (non-hydrogen) atoms. The largest absolute Gasteiger partial charge is 0.481 e. The molecule has 92 valence electrons. The maximum absolute atomic E-state index is 9.76. The molecule has 0 aromatic heterocycles. The van der Waals surface area contributed by atoms with Gasteiger partial charge in [0, 0.05) is 0 Å². The monoisotopic (exact) mass is 236 g/mol. The molecule has 0 rings (SSSR count). The maximum atomic E-state index is 9.76. The van der Waals surface area contributed by atoms with Gasteiger partial charge in [-0.2, -0.15) is 0 Å². The van der Waals surface area contributed by atoms with Gasteiger partial charge in [0.25, 0.3) is 0 Å². The SMILES string of the molecule is CC(C(=O)O)C(=O)O.CC(C(=O)O)C(=O)O. The summed E-state index contributed by atoms with van der Waals surface area (Å²) in [7, 11) is 0. The summed E-state index contributed by atoms with van der Waals surface area (Å²) in [6.07, 6.45) is 0. The van der Waals surface area contributed by atoms with Crippen molar-refractivity contribution in [2.45, 2.75) is 13.8 Å². The Kier molecular flexibility index (Phi) is 7.35. The van der Waals surface area contributed by atoms with Crippen LogP contribution in [0.2, 0.25) is 0 Å². The zero-order valence-corrected chi connectivity index (χ0v) is 8.58. The van der Waals surface area contributed by atoms with Crippen molar-refractivity contribution in [3.8, 4) is 0 Å². The summed E-state index contributed by atoms with van der Waals surface area (Å²) >= 11 is 0. The van der Waals surface area contributed by atoms with Gasteiger partial charge < -0.3 is 20.4 Å². The van der Waals surface area contributed by atoms with E-state index in [4.69, 9.17) is 20.4 Å². The number of aliphatic carboxylic acids is 4. The lowest BCUT2D eigenvalue weighted by Crippen LogP contribution is -2.19. The predicted octanol–water partition coefficient (Wildman–Crippen LogP) is -0.417. The van der Waals surface area contributed by atoms with Gasteiger partial charge in [-0.1, -0.05) is 0 Å². The summed E-state index contributed by atoms with van der Waals surface area (Å²) in [5, 5.41) is 31.9. The van der Waals surface area contributed by atoms with Crippen LogP contribution in [0, 0.1) is 11.8 Å². The molecule has 0 aliphatic carbocycles. The maximum Gasteiger partial charge on any atom is 0.317 e. The molecule has 0 atom stereocenters. The molecule has 0 amide bonds. The second kappa shape index (κ2) is 7.21. The quantitative estimate of drug-likeness (QED) is 0.481. The first-order valence-corrected chi connectivity index (χ1v) is 4.02. The normalized spacial score (nSPS) is 9.25. The van der Waals surface area contributed by atoms with Crippen LogP contribution in [0.25, 0.3) is 0 Å². The van der Waals surface area contributed by atoms with Crippen molar-refractivity contribution in [3.63, 3.8) is 0 Å². The van der Waals surface area contributed by atoms with Crippen molar-refractivity contribution in [3.05, 3.63) is 0 Å². The highest BCUT2D eigenvalue weighted by Crippen LogP contribution is 1.92. The van der Waals surface area contributed by atoms with E-state index in [0.29, 0.717) is 0 Å². The minimum absolute atomic E-state index is 1.12. The Labute approximate surface area is 90.1 Å². The molecule has 0 aromatic carbocycles. The van der Waals surface area contributed by atoms with Gasteiger partial charge in [-0.25, -0.2) is 0 Å². The van der Waals surface area contributed by atoms with Gasteiger partial charge in [-0.05, 0) is 13.8 Å². The molecule has 0 radical (unpaired) electrons. The Bertz CT molecular complexity index is 236. The van der Waals surface area contributed by atoms with Gasteiger partial charge in [0.05, 0.1) is 0 Å². The molecule has 0 unspecified atom stereocenters. The molecule has 0 saturated carbocycles. The Morgan fingerprint density at radius 1 is 0.625 bits per heavy atom. The number of rotatable bonds is 4. The fraction of sp³-hybridized carbons (Fsp3) is 0.500. The topological polar surface area (TPSA) is 149 Å². The van der Waals surface area contributed by atoms with Crippen LogP contribution in [0.5, 0.6) is 0 Å². The van der Waals surface area contributed by atoms with Crippen LogP contribution in [0.3, 0.4) is 0 Å². The molecule has 0 aromatic rings. The Morgan fingerprint density at radius 3 is 0.750 bits per heavy atom. The summed E-state index contributed by atoms with van der Waals surface area (Å²) in [4.78, 5) is 39.0. The van der Waals surface area contributed by atoms with E-state index in [2.05, 4.69) is 0 Å². The van der Waals surface area contributed by atoms with Crippen LogP contribution in [-0.2, 0) is 19.2 Å². The van der Waals surface area contributed by atoms with E-state index in [-0.39, 0.29) is 0 Å². The zero-order chi connectivity index (χ0) is 13.5. The van der Waals surface area contributed by atoms with Crippen LogP contribution in [0.4, 0.5) is 0 Å². The van der Waals surface area contributed by atoms with E-state index >= 15 is 0 Å². The van der Waals surface area contributed by atoms with Crippen molar-refractivity contribution >= 4 is 23.9 Å². The zero-order valence-electron chi connectivity index (χ0n) is 8.58. The van der Waals surface area contributed by atoms with E-state index in [1.54, 1.807) is 0 Å². The first-order valence-electron chi connectivity index (χ1n) is 4.02. The molecule has 4 N–H and O–H groups in total. The van der Waals surface area contributed by atoms with Gasteiger partial charge >= 0.3 is 23.9 Å². The molecule has 0 fully saturated rings. The number of hydrogen-bond acceptors (Lipinski definition) is 4. The molecule has 0 spiro atoms. The molecule has 0 aliphatic heterocycles. The third kappa shape index (κ3) is 7.30. The number of hydrogen-bond donors (Lipinski definition) is 4. The standard InChI is InChI=1S/2C4H6O4/c2*1-2(3(5)6)4(7)8/h2*2H,1H3,(H,5,6)(H,7,8). The van der Waals surface area contributed by atoms with Crippen LogP contribution < -0.4 is 0 Å². The van der Waals surface area contributed by atoms with E-state index < -0.39 is 35.7 Å². The van der Waals surface area contributed by atoms with E-state index in [9.17, 15) is 19.2 Å². The van der Waals surface area contributed by atoms with E-state index in [1.807, 2.05) is 0 Å². The predicted molar refractivity (Wildman–Crippen MR) is 48.9 cm³/mol. The van der Waals surface area contributed by atoms with Gasteiger partial charge in [0.1, 0.15) is 0 Å². The number of carbonyl (C=O) groups is 4. The smallest absolute Gasteiger partial charge is 0.317 e. The summed E-state index contributed by atoms with van der Waals surface area (Å²) in [5.74, 6) is -7.82. The number of carboxylic acid groups (broad SMARTS) is 4. The van der Waals surface area contributed by atoms with Gasteiger partial charge in [-0.15, -0.1) is 0 Å². The van der Waals surface area contributed by atoms with Crippen LogP contribution in [0.15, 0.2) is 0 Å². The lowest BCUT2D eigenvalue weighted by molar-refractivity contribution is -0.155. The fourth-order valence-corrected chi connectivity index (χ4v) is 0.211. The Balaban J connectivity index is 0. The van der Waals surface area contributed by atoms with Crippen molar-refractivity contribution in [1.82, 2.24) is 0 Å². The molecule has 0 bridgehead atoms. The average molecular weight is 236 g/mol. The number of carboxylic acids is 4. The molecule has 8 nitrogen and oxygen atoms in total. The van der Waals surface area contributed by atoms with Crippen molar-refractivity contribution in [1.29, 1.82) is 0 Å². The Hall–Kier alpha value is -2.12.